The number of hydrogen-bond donors (Lipinski definition) is 1. The maximum atomic E-state index is 3.64. The number of thioether (sulfide) groups is 1. The van der Waals surface area contributed by atoms with E-state index in [0.717, 1.165) is 12.0 Å². The minimum Gasteiger partial charge on any atom is -0.314 e. The highest BCUT2D eigenvalue weighted by Crippen LogP contribution is 2.18. The fourth-order valence-corrected chi connectivity index (χ4v) is 2.37. The molecule has 0 aromatic carbocycles. The highest BCUT2D eigenvalue weighted by atomic mass is 32.2. The normalized spacial score (nSPS) is 19.8. The highest BCUT2D eigenvalue weighted by Gasteiger charge is 2.16. The molecule has 1 atom stereocenters. The van der Waals surface area contributed by atoms with E-state index in [-0.39, 0.29) is 0 Å². The smallest absolute Gasteiger partial charge is 0.00671 e. The summed E-state index contributed by atoms with van der Waals surface area (Å²) in [5.41, 5.74) is 0. The van der Waals surface area contributed by atoms with Crippen LogP contribution in [-0.4, -0.2) is 24.1 Å². The van der Waals surface area contributed by atoms with Crippen LogP contribution in [0.1, 0.15) is 39.5 Å². The van der Waals surface area contributed by atoms with E-state index < -0.39 is 0 Å². The zero-order chi connectivity index (χ0) is 9.52. The third-order valence-corrected chi connectivity index (χ3v) is 3.75. The summed E-state index contributed by atoms with van der Waals surface area (Å²) in [5, 5.41) is 3.64. The van der Waals surface area contributed by atoms with Crippen LogP contribution in [0.4, 0.5) is 0 Å². The molecule has 2 heteroatoms. The molecule has 0 aliphatic heterocycles. The summed E-state index contributed by atoms with van der Waals surface area (Å²) in [6.07, 6.45) is 5.64. The van der Waals surface area contributed by atoms with Crippen LogP contribution in [0.15, 0.2) is 0 Å². The van der Waals surface area contributed by atoms with Gasteiger partial charge < -0.3 is 5.32 Å². The van der Waals surface area contributed by atoms with E-state index in [4.69, 9.17) is 0 Å². The highest BCUT2D eigenvalue weighted by molar-refractivity contribution is 7.99. The van der Waals surface area contributed by atoms with Gasteiger partial charge in [0.1, 0.15) is 0 Å². The molecule has 0 aromatic heterocycles. The lowest BCUT2D eigenvalue weighted by Gasteiger charge is -2.28. The van der Waals surface area contributed by atoms with Gasteiger partial charge in [0.2, 0.25) is 0 Å². The molecule has 1 N–H and O–H groups in total. The van der Waals surface area contributed by atoms with Crippen molar-refractivity contribution in [2.24, 2.45) is 5.92 Å². The summed E-state index contributed by atoms with van der Waals surface area (Å²) < 4.78 is 0. The first kappa shape index (κ1) is 11.4. The van der Waals surface area contributed by atoms with Crippen molar-refractivity contribution in [1.82, 2.24) is 5.32 Å². The topological polar surface area (TPSA) is 12.0 Å². The second-order valence-corrected chi connectivity index (χ2v) is 5.52. The zero-order valence-electron chi connectivity index (χ0n) is 9.01. The molecule has 1 unspecified atom stereocenters. The van der Waals surface area contributed by atoms with Crippen molar-refractivity contribution in [3.8, 4) is 0 Å². The van der Waals surface area contributed by atoms with Crippen LogP contribution in [-0.2, 0) is 0 Å². The van der Waals surface area contributed by atoms with E-state index in [2.05, 4.69) is 30.9 Å². The van der Waals surface area contributed by atoms with Crippen molar-refractivity contribution in [2.45, 2.75) is 45.6 Å². The van der Waals surface area contributed by atoms with Crippen LogP contribution in [0, 0.1) is 5.92 Å². The van der Waals surface area contributed by atoms with Crippen molar-refractivity contribution in [2.75, 3.05) is 18.1 Å². The molecule has 1 fully saturated rings. The largest absolute Gasteiger partial charge is 0.314 e. The molecule has 1 aliphatic rings. The average Bonchev–Trinajstić information content (AvgIpc) is 2.02. The fourth-order valence-electron chi connectivity index (χ4n) is 1.51. The lowest BCUT2D eigenvalue weighted by atomic mass is 9.92. The van der Waals surface area contributed by atoms with E-state index in [1.807, 2.05) is 0 Å². The molecule has 78 valence electrons. The van der Waals surface area contributed by atoms with Gasteiger partial charge in [-0.05, 0) is 43.2 Å². The first-order valence-corrected chi connectivity index (χ1v) is 6.79. The molecular formula is C11H23NS. The summed E-state index contributed by atoms with van der Waals surface area (Å²) in [7, 11) is 0. The fraction of sp³-hybridized carbons (Fsp3) is 1.00. The molecule has 0 aromatic rings. The molecule has 0 spiro atoms. The van der Waals surface area contributed by atoms with Crippen LogP contribution in [0.3, 0.4) is 0 Å². The van der Waals surface area contributed by atoms with Gasteiger partial charge in [0.15, 0.2) is 0 Å². The first-order valence-electron chi connectivity index (χ1n) is 5.64. The molecule has 0 bridgehead atoms. The predicted octanol–water partition coefficient (Wildman–Crippen LogP) is 2.91. The Morgan fingerprint density at radius 1 is 1.46 bits per heavy atom. The van der Waals surface area contributed by atoms with Crippen molar-refractivity contribution in [3.63, 3.8) is 0 Å². The maximum Gasteiger partial charge on any atom is 0.00671 e. The summed E-state index contributed by atoms with van der Waals surface area (Å²) in [6.45, 7) is 5.83. The van der Waals surface area contributed by atoms with Crippen LogP contribution >= 0.6 is 11.8 Å². The third-order valence-electron chi connectivity index (χ3n) is 2.82. The number of hydrogen-bond acceptors (Lipinski definition) is 2. The summed E-state index contributed by atoms with van der Waals surface area (Å²) in [5.74, 6) is 3.46. The molecule has 0 amide bonds. The molecule has 13 heavy (non-hydrogen) atoms. The SMILES string of the molecule is CCSCCC(C)CNC1CCC1. The van der Waals surface area contributed by atoms with Gasteiger partial charge in [0.25, 0.3) is 0 Å². The molecule has 0 heterocycles. The standard InChI is InChI=1S/C11H23NS/c1-3-13-8-7-10(2)9-12-11-5-4-6-11/h10-12H,3-9H2,1-2H3. The molecule has 0 saturated heterocycles. The molecule has 1 rings (SSSR count). The van der Waals surface area contributed by atoms with Gasteiger partial charge in [0.05, 0.1) is 0 Å². The maximum absolute atomic E-state index is 3.64. The second-order valence-electron chi connectivity index (χ2n) is 4.13. The van der Waals surface area contributed by atoms with Gasteiger partial charge in [-0.25, -0.2) is 0 Å². The van der Waals surface area contributed by atoms with Gasteiger partial charge in [0, 0.05) is 6.04 Å². The Bertz CT molecular complexity index is 123. The van der Waals surface area contributed by atoms with Crippen molar-refractivity contribution >= 4 is 11.8 Å². The Morgan fingerprint density at radius 2 is 2.23 bits per heavy atom. The minimum absolute atomic E-state index is 0.861. The Morgan fingerprint density at radius 3 is 2.77 bits per heavy atom. The number of rotatable bonds is 7. The first-order chi connectivity index (χ1) is 6.33. The van der Waals surface area contributed by atoms with Crippen LogP contribution in [0.25, 0.3) is 0 Å². The lowest BCUT2D eigenvalue weighted by Crippen LogP contribution is -2.37. The average molecular weight is 201 g/mol. The molecular weight excluding hydrogens is 178 g/mol. The quantitative estimate of drug-likeness (QED) is 0.636. The second kappa shape index (κ2) is 6.72. The van der Waals surface area contributed by atoms with Crippen molar-refractivity contribution in [3.05, 3.63) is 0 Å². The van der Waals surface area contributed by atoms with Crippen molar-refractivity contribution in [1.29, 1.82) is 0 Å². The lowest BCUT2D eigenvalue weighted by molar-refractivity contribution is 0.319. The summed E-state index contributed by atoms with van der Waals surface area (Å²) in [6, 6.07) is 0.862. The van der Waals surface area contributed by atoms with E-state index in [1.165, 1.54) is 43.7 Å². The monoisotopic (exact) mass is 201 g/mol. The molecule has 1 nitrogen and oxygen atoms in total. The Labute approximate surface area is 87.1 Å². The van der Waals surface area contributed by atoms with Gasteiger partial charge in [-0.1, -0.05) is 20.3 Å². The Hall–Kier alpha value is 0.310. The summed E-state index contributed by atoms with van der Waals surface area (Å²) >= 11 is 2.06. The summed E-state index contributed by atoms with van der Waals surface area (Å²) in [4.78, 5) is 0. The van der Waals surface area contributed by atoms with Crippen LogP contribution in [0.2, 0.25) is 0 Å². The van der Waals surface area contributed by atoms with Gasteiger partial charge in [-0.2, -0.15) is 11.8 Å². The van der Waals surface area contributed by atoms with Gasteiger partial charge in [-0.15, -0.1) is 0 Å². The van der Waals surface area contributed by atoms with Crippen molar-refractivity contribution < 1.29 is 0 Å². The molecule has 1 saturated carbocycles. The Kier molecular flexibility index (Phi) is 5.88. The molecule has 0 radical (unpaired) electrons. The zero-order valence-corrected chi connectivity index (χ0v) is 9.83. The van der Waals surface area contributed by atoms with E-state index >= 15 is 0 Å². The predicted molar refractivity (Wildman–Crippen MR) is 62.4 cm³/mol. The van der Waals surface area contributed by atoms with Crippen LogP contribution < -0.4 is 5.32 Å². The van der Waals surface area contributed by atoms with E-state index in [0.29, 0.717) is 0 Å². The molecule has 1 aliphatic carbocycles. The van der Waals surface area contributed by atoms with E-state index in [9.17, 15) is 0 Å². The Balaban J connectivity index is 1.87. The van der Waals surface area contributed by atoms with E-state index in [1.54, 1.807) is 0 Å². The number of nitrogens with one attached hydrogen (secondary N) is 1. The third kappa shape index (κ3) is 4.92. The van der Waals surface area contributed by atoms with Crippen LogP contribution in [0.5, 0.6) is 0 Å². The minimum atomic E-state index is 0.861. The van der Waals surface area contributed by atoms with Gasteiger partial charge >= 0.3 is 0 Å². The van der Waals surface area contributed by atoms with Gasteiger partial charge in [-0.3, -0.25) is 0 Å².